The third-order valence-corrected chi connectivity index (χ3v) is 3.68. The Balaban J connectivity index is 1.67. The maximum absolute atomic E-state index is 12.1. The molecule has 1 aliphatic rings. The Morgan fingerprint density at radius 3 is 2.67 bits per heavy atom. The van der Waals surface area contributed by atoms with Crippen LogP contribution in [-0.2, 0) is 4.74 Å². The fourth-order valence-electron chi connectivity index (χ4n) is 2.03. The van der Waals surface area contributed by atoms with Gasteiger partial charge in [0.05, 0.1) is 13.2 Å². The molecule has 110 valence electrons. The van der Waals surface area contributed by atoms with Crippen LogP contribution in [0.25, 0.3) is 0 Å². The van der Waals surface area contributed by atoms with Gasteiger partial charge in [0, 0.05) is 29.3 Å². The SMILES string of the molecule is O=C(Nc1ccc(Br)cc1)c1cc(N2CCOCC2)on1. The van der Waals surface area contributed by atoms with Crippen molar-refractivity contribution in [3.05, 3.63) is 40.5 Å². The van der Waals surface area contributed by atoms with E-state index in [2.05, 4.69) is 26.4 Å². The van der Waals surface area contributed by atoms with Gasteiger partial charge in [0.2, 0.25) is 5.88 Å². The first kappa shape index (κ1) is 14.1. The Bertz CT molecular complexity index is 621. The van der Waals surface area contributed by atoms with Gasteiger partial charge >= 0.3 is 0 Å². The van der Waals surface area contributed by atoms with Crippen molar-refractivity contribution in [2.75, 3.05) is 36.5 Å². The largest absolute Gasteiger partial charge is 0.378 e. The lowest BCUT2D eigenvalue weighted by Crippen LogP contribution is -2.35. The zero-order valence-electron chi connectivity index (χ0n) is 11.2. The molecule has 7 heteroatoms. The van der Waals surface area contributed by atoms with Crippen LogP contribution in [0, 0.1) is 0 Å². The summed E-state index contributed by atoms with van der Waals surface area (Å²) < 4.78 is 11.5. The summed E-state index contributed by atoms with van der Waals surface area (Å²) in [5.41, 5.74) is 0.971. The fourth-order valence-corrected chi connectivity index (χ4v) is 2.30. The van der Waals surface area contributed by atoms with Crippen molar-refractivity contribution in [1.82, 2.24) is 5.16 Å². The van der Waals surface area contributed by atoms with Gasteiger partial charge < -0.3 is 19.5 Å². The Kier molecular flexibility index (Phi) is 4.21. The van der Waals surface area contributed by atoms with E-state index in [1.807, 2.05) is 29.2 Å². The summed E-state index contributed by atoms with van der Waals surface area (Å²) in [6, 6.07) is 8.99. The quantitative estimate of drug-likeness (QED) is 0.920. The molecule has 2 aromatic rings. The Labute approximate surface area is 130 Å². The molecule has 1 aromatic heterocycles. The number of rotatable bonds is 3. The first-order valence-corrected chi connectivity index (χ1v) is 7.38. The monoisotopic (exact) mass is 351 g/mol. The van der Waals surface area contributed by atoms with Gasteiger partial charge in [0.15, 0.2) is 5.69 Å². The van der Waals surface area contributed by atoms with E-state index in [1.54, 1.807) is 6.07 Å². The molecule has 1 aromatic carbocycles. The molecule has 1 aliphatic heterocycles. The molecule has 0 atom stereocenters. The van der Waals surface area contributed by atoms with Gasteiger partial charge in [0.1, 0.15) is 0 Å². The van der Waals surface area contributed by atoms with E-state index in [0.717, 1.165) is 17.6 Å². The van der Waals surface area contributed by atoms with Crippen molar-refractivity contribution in [2.45, 2.75) is 0 Å². The van der Waals surface area contributed by atoms with E-state index in [1.165, 1.54) is 0 Å². The van der Waals surface area contributed by atoms with Crippen molar-refractivity contribution in [3.8, 4) is 0 Å². The highest BCUT2D eigenvalue weighted by Gasteiger charge is 2.19. The standard InChI is InChI=1S/C14H14BrN3O3/c15-10-1-3-11(4-2-10)16-14(19)12-9-13(21-17-12)18-5-7-20-8-6-18/h1-4,9H,5-8H2,(H,16,19). The highest BCUT2D eigenvalue weighted by molar-refractivity contribution is 9.10. The third-order valence-electron chi connectivity index (χ3n) is 3.16. The highest BCUT2D eigenvalue weighted by Crippen LogP contribution is 2.19. The molecule has 6 nitrogen and oxygen atoms in total. The minimum absolute atomic E-state index is 0.263. The number of carbonyl (C=O) groups is 1. The van der Waals surface area contributed by atoms with Crippen molar-refractivity contribution in [2.24, 2.45) is 0 Å². The molecule has 0 saturated carbocycles. The molecule has 1 amide bonds. The van der Waals surface area contributed by atoms with E-state index < -0.39 is 0 Å². The molecule has 0 aliphatic carbocycles. The molecule has 0 unspecified atom stereocenters. The molecule has 0 radical (unpaired) electrons. The van der Waals surface area contributed by atoms with Gasteiger partial charge in [-0.3, -0.25) is 4.79 Å². The smallest absolute Gasteiger partial charge is 0.277 e. The number of hydrogen-bond donors (Lipinski definition) is 1. The van der Waals surface area contributed by atoms with Gasteiger partial charge in [0.25, 0.3) is 5.91 Å². The van der Waals surface area contributed by atoms with Crippen molar-refractivity contribution < 1.29 is 14.1 Å². The predicted molar refractivity (Wildman–Crippen MR) is 81.6 cm³/mol. The lowest BCUT2D eigenvalue weighted by Gasteiger charge is -2.25. The number of aromatic nitrogens is 1. The van der Waals surface area contributed by atoms with E-state index in [4.69, 9.17) is 9.26 Å². The van der Waals surface area contributed by atoms with Crippen LogP contribution < -0.4 is 10.2 Å². The number of benzene rings is 1. The summed E-state index contributed by atoms with van der Waals surface area (Å²) in [6.45, 7) is 2.79. The normalized spacial score (nSPS) is 15.0. The maximum Gasteiger partial charge on any atom is 0.277 e. The van der Waals surface area contributed by atoms with Gasteiger partial charge in [-0.15, -0.1) is 0 Å². The highest BCUT2D eigenvalue weighted by atomic mass is 79.9. The number of hydrogen-bond acceptors (Lipinski definition) is 5. The van der Waals surface area contributed by atoms with Crippen LogP contribution in [0.4, 0.5) is 11.6 Å². The van der Waals surface area contributed by atoms with Crippen LogP contribution >= 0.6 is 15.9 Å². The number of morpholine rings is 1. The first-order chi connectivity index (χ1) is 10.2. The average Bonchev–Trinajstić information content (AvgIpc) is 3.00. The number of amides is 1. The van der Waals surface area contributed by atoms with Gasteiger partial charge in [-0.2, -0.15) is 0 Å². The number of carbonyl (C=O) groups excluding carboxylic acids is 1. The van der Waals surface area contributed by atoms with Crippen molar-refractivity contribution in [3.63, 3.8) is 0 Å². The molecule has 1 saturated heterocycles. The number of halogens is 1. The van der Waals surface area contributed by atoms with E-state index >= 15 is 0 Å². The predicted octanol–water partition coefficient (Wildman–Crippen LogP) is 2.53. The van der Waals surface area contributed by atoms with Crippen LogP contribution in [0.1, 0.15) is 10.5 Å². The van der Waals surface area contributed by atoms with E-state index in [9.17, 15) is 4.79 Å². The summed E-state index contributed by atoms with van der Waals surface area (Å²) in [7, 11) is 0. The fraction of sp³-hybridized carbons (Fsp3) is 0.286. The molecule has 1 fully saturated rings. The van der Waals surface area contributed by atoms with E-state index in [0.29, 0.717) is 24.8 Å². The molecule has 0 spiro atoms. The number of nitrogens with one attached hydrogen (secondary N) is 1. The summed E-state index contributed by atoms with van der Waals surface area (Å²) >= 11 is 3.35. The number of ether oxygens (including phenoxy) is 1. The Morgan fingerprint density at radius 1 is 1.24 bits per heavy atom. The summed E-state index contributed by atoms with van der Waals surface area (Å²) in [4.78, 5) is 14.1. The second kappa shape index (κ2) is 6.28. The lowest BCUT2D eigenvalue weighted by atomic mass is 10.3. The molecule has 1 N–H and O–H groups in total. The molecule has 0 bridgehead atoms. The first-order valence-electron chi connectivity index (χ1n) is 6.59. The lowest BCUT2D eigenvalue weighted by molar-refractivity contribution is 0.101. The minimum atomic E-state index is -0.291. The van der Waals surface area contributed by atoms with Crippen LogP contribution in [0.5, 0.6) is 0 Å². The number of anilines is 2. The second-order valence-electron chi connectivity index (χ2n) is 4.61. The summed E-state index contributed by atoms with van der Waals surface area (Å²) in [5, 5.41) is 6.60. The van der Waals surface area contributed by atoms with Gasteiger partial charge in [-0.05, 0) is 24.3 Å². The molecular formula is C14H14BrN3O3. The number of nitrogens with zero attached hydrogens (tertiary/aromatic N) is 2. The zero-order valence-corrected chi connectivity index (χ0v) is 12.8. The topological polar surface area (TPSA) is 67.6 Å². The zero-order chi connectivity index (χ0) is 14.7. The van der Waals surface area contributed by atoms with Crippen LogP contribution in [0.2, 0.25) is 0 Å². The van der Waals surface area contributed by atoms with Crippen LogP contribution in [-0.4, -0.2) is 37.4 Å². The van der Waals surface area contributed by atoms with E-state index in [-0.39, 0.29) is 11.6 Å². The maximum atomic E-state index is 12.1. The molecule has 3 rings (SSSR count). The average molecular weight is 352 g/mol. The Hall–Kier alpha value is -1.86. The molecular weight excluding hydrogens is 338 g/mol. The van der Waals surface area contributed by atoms with Gasteiger partial charge in [-0.25, -0.2) is 0 Å². The summed E-state index contributed by atoms with van der Waals surface area (Å²) in [5.74, 6) is 0.305. The Morgan fingerprint density at radius 2 is 1.95 bits per heavy atom. The van der Waals surface area contributed by atoms with Crippen molar-refractivity contribution in [1.29, 1.82) is 0 Å². The van der Waals surface area contributed by atoms with Gasteiger partial charge in [-0.1, -0.05) is 21.1 Å². The second-order valence-corrected chi connectivity index (χ2v) is 5.53. The van der Waals surface area contributed by atoms with Crippen LogP contribution in [0.15, 0.2) is 39.3 Å². The summed E-state index contributed by atoms with van der Waals surface area (Å²) in [6.07, 6.45) is 0. The van der Waals surface area contributed by atoms with Crippen molar-refractivity contribution >= 4 is 33.4 Å². The molecule has 21 heavy (non-hydrogen) atoms. The van der Waals surface area contributed by atoms with Crippen LogP contribution in [0.3, 0.4) is 0 Å². The third kappa shape index (κ3) is 3.43. The molecule has 2 heterocycles. The minimum Gasteiger partial charge on any atom is -0.378 e.